The minimum Gasteiger partial charge on any atom is -0.471 e. The van der Waals surface area contributed by atoms with Crippen LogP contribution >= 0.6 is 0 Å². The molecule has 0 fully saturated rings. The Morgan fingerprint density at radius 2 is 1.58 bits per heavy atom. The second kappa shape index (κ2) is 11.6. The standard InChI is InChI=1S/C30H23F8N3O3S/c1-16-39-25(28(31,32)33)15-41(16)24-11-10-19(18-6-5-9-22(13-18)45(3)42)14-23(24)26-27(43-17(2)40-26)20-7-4-8-21(12-20)44-30(37,38)29(34,35)36/h4-15,26-27H,1-3H3. The van der Waals surface area contributed by atoms with Crippen LogP contribution in [0.2, 0.25) is 0 Å². The minimum atomic E-state index is -5.97. The Morgan fingerprint density at radius 3 is 2.22 bits per heavy atom. The fraction of sp³-hybridized carbons (Fsp3) is 0.267. The number of benzene rings is 3. The Bertz CT molecular complexity index is 1800. The van der Waals surface area contributed by atoms with Crippen LogP contribution in [0.3, 0.4) is 0 Å². The van der Waals surface area contributed by atoms with Crippen molar-refractivity contribution < 1.29 is 48.8 Å². The molecule has 3 aromatic carbocycles. The number of hydrogen-bond acceptors (Lipinski definition) is 5. The first kappa shape index (κ1) is 32.1. The van der Waals surface area contributed by atoms with Gasteiger partial charge in [-0.3, -0.25) is 4.21 Å². The van der Waals surface area contributed by atoms with Gasteiger partial charge in [0, 0.05) is 40.6 Å². The van der Waals surface area contributed by atoms with Crippen LogP contribution in [0.15, 0.2) is 82.8 Å². The van der Waals surface area contributed by atoms with E-state index in [2.05, 4.69) is 14.7 Å². The topological polar surface area (TPSA) is 65.7 Å². The van der Waals surface area contributed by atoms with Gasteiger partial charge >= 0.3 is 18.5 Å². The Morgan fingerprint density at radius 1 is 0.889 bits per heavy atom. The van der Waals surface area contributed by atoms with Gasteiger partial charge in [0.2, 0.25) is 0 Å². The molecular weight excluding hydrogens is 634 g/mol. The maximum atomic E-state index is 13.7. The first-order chi connectivity index (χ1) is 20.9. The van der Waals surface area contributed by atoms with E-state index < -0.39 is 52.9 Å². The van der Waals surface area contributed by atoms with E-state index in [1.165, 1.54) is 36.8 Å². The largest absolute Gasteiger partial charge is 0.499 e. The van der Waals surface area contributed by atoms with E-state index >= 15 is 0 Å². The highest BCUT2D eigenvalue weighted by Crippen LogP contribution is 2.45. The summed E-state index contributed by atoms with van der Waals surface area (Å²) in [5.74, 6) is -0.656. The Labute approximate surface area is 253 Å². The molecule has 0 aliphatic carbocycles. The number of aliphatic imine (C=N–C) groups is 1. The van der Waals surface area contributed by atoms with E-state index in [9.17, 15) is 39.3 Å². The second-order valence-corrected chi connectivity index (χ2v) is 11.5. The van der Waals surface area contributed by atoms with Gasteiger partial charge in [-0.2, -0.15) is 35.1 Å². The predicted molar refractivity (Wildman–Crippen MR) is 149 cm³/mol. The molecule has 2 heterocycles. The van der Waals surface area contributed by atoms with Gasteiger partial charge in [0.05, 0.1) is 5.69 Å². The third kappa shape index (κ3) is 6.58. The SMILES string of the molecule is CC1=NC(c2cc(-c3cccc(S(C)=O)c3)ccc2-n2cc(C(F)(F)F)nc2C)C(c2cccc(OC(F)(F)C(F)(F)F)c2)O1. The van der Waals surface area contributed by atoms with Crippen molar-refractivity contribution >= 4 is 16.7 Å². The van der Waals surface area contributed by atoms with Crippen LogP contribution in [0.5, 0.6) is 5.75 Å². The summed E-state index contributed by atoms with van der Waals surface area (Å²) in [5, 5.41) is 0. The van der Waals surface area contributed by atoms with Gasteiger partial charge in [-0.1, -0.05) is 30.3 Å². The Hall–Kier alpha value is -4.27. The van der Waals surface area contributed by atoms with Crippen LogP contribution < -0.4 is 4.74 Å². The lowest BCUT2D eigenvalue weighted by molar-refractivity contribution is -0.360. The summed E-state index contributed by atoms with van der Waals surface area (Å²) in [6, 6.07) is 15.2. The van der Waals surface area contributed by atoms with Crippen molar-refractivity contribution in [3.8, 4) is 22.6 Å². The molecule has 1 aliphatic heterocycles. The maximum Gasteiger partial charge on any atom is 0.499 e. The molecule has 4 aromatic rings. The molecule has 0 amide bonds. The molecule has 0 bridgehead atoms. The van der Waals surface area contributed by atoms with E-state index in [0.717, 1.165) is 18.3 Å². The van der Waals surface area contributed by atoms with E-state index in [1.54, 1.807) is 42.5 Å². The number of imidazole rings is 1. The van der Waals surface area contributed by atoms with Crippen LogP contribution in [0.4, 0.5) is 35.1 Å². The van der Waals surface area contributed by atoms with E-state index in [1.807, 2.05) is 0 Å². The number of alkyl halides is 8. The summed E-state index contributed by atoms with van der Waals surface area (Å²) in [6.45, 7) is 2.88. The normalized spacial score (nSPS) is 18.0. The van der Waals surface area contributed by atoms with Crippen LogP contribution in [0.25, 0.3) is 16.8 Å². The molecule has 0 saturated heterocycles. The summed E-state index contributed by atoms with van der Waals surface area (Å²) in [4.78, 5) is 8.72. The van der Waals surface area contributed by atoms with E-state index in [4.69, 9.17) is 4.74 Å². The van der Waals surface area contributed by atoms with Crippen molar-refractivity contribution in [1.29, 1.82) is 0 Å². The average molecular weight is 658 g/mol. The molecule has 15 heteroatoms. The zero-order valence-corrected chi connectivity index (χ0v) is 24.4. The van der Waals surface area contributed by atoms with Crippen molar-refractivity contribution in [3.05, 3.63) is 95.6 Å². The molecule has 45 heavy (non-hydrogen) atoms. The first-order valence-corrected chi connectivity index (χ1v) is 14.7. The summed E-state index contributed by atoms with van der Waals surface area (Å²) in [5.41, 5.74) is 0.766. The number of rotatable bonds is 7. The van der Waals surface area contributed by atoms with Gasteiger partial charge in [-0.05, 0) is 60.0 Å². The third-order valence-corrected chi connectivity index (χ3v) is 7.86. The molecule has 0 N–H and O–H groups in total. The lowest BCUT2D eigenvalue weighted by Crippen LogP contribution is -2.41. The van der Waals surface area contributed by atoms with Crippen LogP contribution in [-0.4, -0.2) is 38.2 Å². The minimum absolute atomic E-state index is 0.000600. The van der Waals surface area contributed by atoms with Gasteiger partial charge in [0.15, 0.2) is 17.7 Å². The van der Waals surface area contributed by atoms with Crippen molar-refractivity contribution in [1.82, 2.24) is 9.55 Å². The van der Waals surface area contributed by atoms with Crippen molar-refractivity contribution in [2.24, 2.45) is 4.99 Å². The molecule has 0 saturated carbocycles. The van der Waals surface area contributed by atoms with Gasteiger partial charge < -0.3 is 14.0 Å². The summed E-state index contributed by atoms with van der Waals surface area (Å²) in [7, 11) is -1.31. The van der Waals surface area contributed by atoms with Crippen LogP contribution in [0.1, 0.15) is 41.7 Å². The summed E-state index contributed by atoms with van der Waals surface area (Å²) < 4.78 is 130. The predicted octanol–water partition coefficient (Wildman–Crippen LogP) is 8.37. The van der Waals surface area contributed by atoms with E-state index in [-0.39, 0.29) is 23.0 Å². The van der Waals surface area contributed by atoms with Crippen molar-refractivity contribution in [3.63, 3.8) is 0 Å². The highest BCUT2D eigenvalue weighted by atomic mass is 32.2. The molecule has 3 unspecified atom stereocenters. The number of ether oxygens (including phenoxy) is 2. The monoisotopic (exact) mass is 657 g/mol. The number of nitrogens with zero attached hydrogens (tertiary/aromatic N) is 3. The molecule has 0 spiro atoms. The van der Waals surface area contributed by atoms with Crippen LogP contribution in [0, 0.1) is 6.92 Å². The molecule has 1 aromatic heterocycles. The third-order valence-electron chi connectivity index (χ3n) is 6.95. The smallest absolute Gasteiger partial charge is 0.471 e. The quantitative estimate of drug-likeness (QED) is 0.188. The lowest BCUT2D eigenvalue weighted by atomic mass is 9.92. The summed E-state index contributed by atoms with van der Waals surface area (Å²) in [6.07, 6.45) is -14.9. The highest BCUT2D eigenvalue weighted by Gasteiger charge is 2.61. The number of hydrogen-bond donors (Lipinski definition) is 0. The molecule has 6 nitrogen and oxygen atoms in total. The van der Waals surface area contributed by atoms with Gasteiger partial charge in [-0.15, -0.1) is 0 Å². The fourth-order valence-corrected chi connectivity index (χ4v) is 5.45. The zero-order valence-electron chi connectivity index (χ0n) is 23.6. The summed E-state index contributed by atoms with van der Waals surface area (Å²) >= 11 is 0. The number of aryl methyl sites for hydroxylation is 1. The Kier molecular flexibility index (Phi) is 8.27. The molecule has 5 rings (SSSR count). The maximum absolute atomic E-state index is 13.7. The molecule has 0 radical (unpaired) electrons. The lowest BCUT2D eigenvalue weighted by Gasteiger charge is -2.24. The average Bonchev–Trinajstić information content (AvgIpc) is 3.54. The number of halogens is 8. The van der Waals surface area contributed by atoms with Crippen LogP contribution in [-0.2, 0) is 21.7 Å². The zero-order chi connectivity index (χ0) is 32.9. The molecular formula is C30H23F8N3O3S. The Balaban J connectivity index is 1.65. The molecule has 1 aliphatic rings. The highest BCUT2D eigenvalue weighted by molar-refractivity contribution is 7.84. The molecule has 238 valence electrons. The van der Waals surface area contributed by atoms with Gasteiger partial charge in [0.25, 0.3) is 0 Å². The first-order valence-electron chi connectivity index (χ1n) is 13.1. The van der Waals surface area contributed by atoms with Gasteiger partial charge in [0.1, 0.15) is 17.6 Å². The van der Waals surface area contributed by atoms with Gasteiger partial charge in [-0.25, -0.2) is 9.98 Å². The van der Waals surface area contributed by atoms with Crippen molar-refractivity contribution in [2.45, 2.75) is 49.3 Å². The second-order valence-electron chi connectivity index (χ2n) is 10.1. The van der Waals surface area contributed by atoms with E-state index in [0.29, 0.717) is 21.6 Å². The molecule has 3 atom stereocenters. The van der Waals surface area contributed by atoms with Crippen molar-refractivity contribution in [2.75, 3.05) is 6.26 Å². The fourth-order valence-electron chi connectivity index (χ4n) is 4.88. The number of aromatic nitrogens is 2.